The van der Waals surface area contributed by atoms with Gasteiger partial charge in [0, 0.05) is 24.2 Å². The largest absolute Gasteiger partial charge is 0.336 e. The molecule has 0 aromatic heterocycles. The molecule has 3 nitrogen and oxygen atoms in total. The standard InChI is InChI=1S/C19H19F3N2O/c1-11-8-15(23)6-7-24(11)19(25)13-4-2-12(3-5-13)14-9-16(20)18(22)17(21)10-14/h2-5,9-11,15H,6-8,23H2,1H3. The van der Waals surface area contributed by atoms with Gasteiger partial charge in [-0.1, -0.05) is 12.1 Å². The molecule has 0 spiro atoms. The third kappa shape index (κ3) is 3.54. The third-order valence-electron chi connectivity index (χ3n) is 4.63. The van der Waals surface area contributed by atoms with Gasteiger partial charge in [-0.25, -0.2) is 13.2 Å². The normalized spacial score (nSPS) is 20.6. The van der Waals surface area contributed by atoms with E-state index >= 15 is 0 Å². The number of rotatable bonds is 2. The topological polar surface area (TPSA) is 46.3 Å². The van der Waals surface area contributed by atoms with Crippen LogP contribution in [0.4, 0.5) is 13.2 Å². The Morgan fingerprint density at radius 1 is 1.08 bits per heavy atom. The zero-order valence-electron chi connectivity index (χ0n) is 13.8. The molecule has 1 amide bonds. The smallest absolute Gasteiger partial charge is 0.254 e. The summed E-state index contributed by atoms with van der Waals surface area (Å²) in [6.45, 7) is 2.58. The molecule has 3 rings (SSSR count). The van der Waals surface area contributed by atoms with E-state index in [1.807, 2.05) is 6.92 Å². The second kappa shape index (κ2) is 6.88. The van der Waals surface area contributed by atoms with Gasteiger partial charge in [0.25, 0.3) is 5.91 Å². The van der Waals surface area contributed by atoms with Crippen LogP contribution >= 0.6 is 0 Å². The number of nitrogens with zero attached hydrogens (tertiary/aromatic N) is 1. The fourth-order valence-corrected chi connectivity index (χ4v) is 3.20. The number of hydrogen-bond acceptors (Lipinski definition) is 2. The maximum Gasteiger partial charge on any atom is 0.254 e. The van der Waals surface area contributed by atoms with E-state index in [1.165, 1.54) is 0 Å². The van der Waals surface area contributed by atoms with Crippen LogP contribution in [0.3, 0.4) is 0 Å². The minimum absolute atomic E-state index is 0.0659. The van der Waals surface area contributed by atoms with E-state index in [0.717, 1.165) is 25.0 Å². The van der Waals surface area contributed by atoms with Gasteiger partial charge < -0.3 is 10.6 Å². The fourth-order valence-electron chi connectivity index (χ4n) is 3.20. The number of carbonyl (C=O) groups excluding carboxylic acids is 1. The number of hydrogen-bond donors (Lipinski definition) is 1. The Bertz CT molecular complexity index is 769. The molecule has 6 heteroatoms. The highest BCUT2D eigenvalue weighted by atomic mass is 19.2. The van der Waals surface area contributed by atoms with Gasteiger partial charge in [-0.3, -0.25) is 4.79 Å². The number of halogens is 3. The third-order valence-corrected chi connectivity index (χ3v) is 4.63. The molecule has 1 aliphatic heterocycles. The number of nitrogens with two attached hydrogens (primary N) is 1. The van der Waals surface area contributed by atoms with Gasteiger partial charge in [-0.05, 0) is 55.2 Å². The van der Waals surface area contributed by atoms with Gasteiger partial charge in [-0.2, -0.15) is 0 Å². The van der Waals surface area contributed by atoms with Gasteiger partial charge in [0.2, 0.25) is 0 Å². The molecule has 25 heavy (non-hydrogen) atoms. The van der Waals surface area contributed by atoms with Crippen LogP contribution in [0.15, 0.2) is 36.4 Å². The second-order valence-corrected chi connectivity index (χ2v) is 6.46. The summed E-state index contributed by atoms with van der Waals surface area (Å²) in [4.78, 5) is 14.4. The molecule has 1 heterocycles. The summed E-state index contributed by atoms with van der Waals surface area (Å²) in [5, 5.41) is 0. The summed E-state index contributed by atoms with van der Waals surface area (Å²) in [5.74, 6) is -4.07. The maximum atomic E-state index is 13.4. The van der Waals surface area contributed by atoms with Gasteiger partial charge >= 0.3 is 0 Å². The van der Waals surface area contributed by atoms with Crippen LogP contribution in [0.2, 0.25) is 0 Å². The molecule has 0 radical (unpaired) electrons. The van der Waals surface area contributed by atoms with E-state index in [0.29, 0.717) is 17.7 Å². The molecule has 0 bridgehead atoms. The summed E-state index contributed by atoms with van der Waals surface area (Å²) >= 11 is 0. The summed E-state index contributed by atoms with van der Waals surface area (Å²) in [5.41, 5.74) is 7.13. The first kappa shape index (κ1) is 17.5. The predicted molar refractivity (Wildman–Crippen MR) is 89.5 cm³/mol. The van der Waals surface area contributed by atoms with Crippen molar-refractivity contribution in [2.75, 3.05) is 6.54 Å². The lowest BCUT2D eigenvalue weighted by Crippen LogP contribution is -2.48. The van der Waals surface area contributed by atoms with Crippen LogP contribution < -0.4 is 5.73 Å². The molecule has 2 N–H and O–H groups in total. The van der Waals surface area contributed by atoms with Gasteiger partial charge in [0.05, 0.1) is 0 Å². The molecule has 2 aromatic carbocycles. The highest BCUT2D eigenvalue weighted by molar-refractivity contribution is 5.95. The molecule has 0 aliphatic carbocycles. The first-order valence-corrected chi connectivity index (χ1v) is 8.18. The van der Waals surface area contributed by atoms with Crippen molar-refractivity contribution in [3.63, 3.8) is 0 Å². The molecule has 2 atom stereocenters. The quantitative estimate of drug-likeness (QED) is 0.841. The van der Waals surface area contributed by atoms with Crippen LogP contribution in [0, 0.1) is 17.5 Å². The predicted octanol–water partition coefficient (Wildman–Crippen LogP) is 3.72. The summed E-state index contributed by atoms with van der Waals surface area (Å²) in [7, 11) is 0. The van der Waals surface area contributed by atoms with Gasteiger partial charge in [-0.15, -0.1) is 0 Å². The summed E-state index contributed by atoms with van der Waals surface area (Å²) in [6, 6.07) is 8.46. The lowest BCUT2D eigenvalue weighted by atomic mass is 9.97. The van der Waals surface area contributed by atoms with Crippen molar-refractivity contribution in [2.24, 2.45) is 5.73 Å². The molecule has 132 valence electrons. The lowest BCUT2D eigenvalue weighted by molar-refractivity contribution is 0.0619. The lowest BCUT2D eigenvalue weighted by Gasteiger charge is -2.36. The summed E-state index contributed by atoms with van der Waals surface area (Å²) < 4.78 is 39.8. The zero-order chi connectivity index (χ0) is 18.1. The Hall–Kier alpha value is -2.34. The average molecular weight is 348 g/mol. The molecule has 1 fully saturated rings. The van der Waals surface area contributed by atoms with E-state index in [1.54, 1.807) is 29.2 Å². The molecule has 1 saturated heterocycles. The average Bonchev–Trinajstić information content (AvgIpc) is 2.59. The Labute approximate surface area is 144 Å². The minimum atomic E-state index is -1.49. The van der Waals surface area contributed by atoms with Crippen molar-refractivity contribution in [2.45, 2.75) is 31.8 Å². The highest BCUT2D eigenvalue weighted by Crippen LogP contribution is 2.25. The van der Waals surface area contributed by atoms with Crippen molar-refractivity contribution in [3.05, 3.63) is 59.4 Å². The number of amides is 1. The van der Waals surface area contributed by atoms with Crippen molar-refractivity contribution in [1.82, 2.24) is 4.90 Å². The zero-order valence-corrected chi connectivity index (χ0v) is 13.8. The van der Waals surface area contributed by atoms with Crippen LogP contribution in [-0.2, 0) is 0 Å². The second-order valence-electron chi connectivity index (χ2n) is 6.46. The first-order chi connectivity index (χ1) is 11.9. The molecular weight excluding hydrogens is 329 g/mol. The van der Waals surface area contributed by atoms with Crippen molar-refractivity contribution in [1.29, 1.82) is 0 Å². The van der Waals surface area contributed by atoms with E-state index < -0.39 is 17.5 Å². The van der Waals surface area contributed by atoms with E-state index in [2.05, 4.69) is 0 Å². The number of piperidine rings is 1. The molecule has 2 aromatic rings. The Morgan fingerprint density at radius 2 is 1.68 bits per heavy atom. The summed E-state index contributed by atoms with van der Waals surface area (Å²) in [6.07, 6.45) is 1.53. The molecular formula is C19H19F3N2O. The van der Waals surface area contributed by atoms with Gasteiger partial charge in [0.1, 0.15) is 0 Å². The van der Waals surface area contributed by atoms with E-state index in [4.69, 9.17) is 5.73 Å². The van der Waals surface area contributed by atoms with Crippen molar-refractivity contribution < 1.29 is 18.0 Å². The Balaban J connectivity index is 1.82. The SMILES string of the molecule is CC1CC(N)CCN1C(=O)c1ccc(-c2cc(F)c(F)c(F)c2)cc1. The van der Waals surface area contributed by atoms with Crippen molar-refractivity contribution >= 4 is 5.91 Å². The number of likely N-dealkylation sites (tertiary alicyclic amines) is 1. The fraction of sp³-hybridized carbons (Fsp3) is 0.316. The highest BCUT2D eigenvalue weighted by Gasteiger charge is 2.27. The molecule has 1 aliphatic rings. The monoisotopic (exact) mass is 348 g/mol. The number of carbonyl (C=O) groups is 1. The van der Waals surface area contributed by atoms with Crippen LogP contribution in [0.5, 0.6) is 0 Å². The van der Waals surface area contributed by atoms with E-state index in [-0.39, 0.29) is 23.6 Å². The number of benzene rings is 2. The van der Waals surface area contributed by atoms with Crippen LogP contribution in [0.25, 0.3) is 11.1 Å². The molecule has 0 saturated carbocycles. The first-order valence-electron chi connectivity index (χ1n) is 8.18. The minimum Gasteiger partial charge on any atom is -0.336 e. The van der Waals surface area contributed by atoms with Gasteiger partial charge in [0.15, 0.2) is 17.5 Å². The Morgan fingerprint density at radius 3 is 2.24 bits per heavy atom. The maximum absolute atomic E-state index is 13.4. The van der Waals surface area contributed by atoms with Crippen LogP contribution in [-0.4, -0.2) is 29.4 Å². The van der Waals surface area contributed by atoms with E-state index in [9.17, 15) is 18.0 Å². The Kier molecular flexibility index (Phi) is 4.81. The van der Waals surface area contributed by atoms with Crippen LogP contribution in [0.1, 0.15) is 30.1 Å². The van der Waals surface area contributed by atoms with Crippen molar-refractivity contribution in [3.8, 4) is 11.1 Å². The molecule has 2 unspecified atom stereocenters.